The molecule has 5 aromatic rings. The fourth-order valence-electron chi connectivity index (χ4n) is 3.63. The molecule has 2 heterocycles. The third kappa shape index (κ3) is 3.70. The average Bonchev–Trinajstić information content (AvgIpc) is 3.42. The molecule has 0 saturated carbocycles. The predicted octanol–water partition coefficient (Wildman–Crippen LogP) is 7.01. The highest BCUT2D eigenvalue weighted by atomic mass is 16.4. The van der Waals surface area contributed by atoms with E-state index in [0.717, 1.165) is 28.5 Å². The van der Waals surface area contributed by atoms with Crippen LogP contribution in [0.1, 0.15) is 42.3 Å². The molecule has 1 N–H and O–H groups in total. The number of nitrogens with zero attached hydrogens (tertiary/aromatic N) is 1. The Hall–Kier alpha value is -3.86. The second-order valence-electron chi connectivity index (χ2n) is 7.74. The Morgan fingerprint density at radius 2 is 1.84 bits per heavy atom. The summed E-state index contributed by atoms with van der Waals surface area (Å²) in [5.41, 5.74) is 4.96. The van der Waals surface area contributed by atoms with E-state index < -0.39 is 0 Å². The number of amides is 1. The van der Waals surface area contributed by atoms with E-state index in [1.807, 2.05) is 54.6 Å². The van der Waals surface area contributed by atoms with E-state index in [1.54, 1.807) is 6.07 Å². The number of hydrogen-bond acceptors (Lipinski definition) is 4. The van der Waals surface area contributed by atoms with Gasteiger partial charge >= 0.3 is 0 Å². The lowest BCUT2D eigenvalue weighted by Gasteiger charge is -2.07. The van der Waals surface area contributed by atoms with Gasteiger partial charge in [-0.25, -0.2) is 4.98 Å². The maximum atomic E-state index is 12.7. The third-order valence-corrected chi connectivity index (χ3v) is 5.61. The molecule has 5 rings (SSSR count). The lowest BCUT2D eigenvalue weighted by molar-refractivity contribution is 0.0998. The Bertz CT molecular complexity index is 1360. The highest BCUT2D eigenvalue weighted by Crippen LogP contribution is 2.29. The van der Waals surface area contributed by atoms with Gasteiger partial charge in [0, 0.05) is 16.6 Å². The van der Waals surface area contributed by atoms with Crippen LogP contribution in [0, 0.1) is 0 Å². The number of benzene rings is 3. The molecule has 1 unspecified atom stereocenters. The van der Waals surface area contributed by atoms with Crippen LogP contribution >= 0.6 is 0 Å². The van der Waals surface area contributed by atoms with Crippen LogP contribution < -0.4 is 5.32 Å². The van der Waals surface area contributed by atoms with Crippen molar-refractivity contribution >= 4 is 33.7 Å². The SMILES string of the molecule is CCC(C)c1ccc2oc(-c3cccc(NC(=O)c4cc5ccccc5o4)c3)nc2c1. The third-order valence-electron chi connectivity index (χ3n) is 5.61. The monoisotopic (exact) mass is 410 g/mol. The molecule has 3 aromatic carbocycles. The van der Waals surface area contributed by atoms with E-state index in [9.17, 15) is 4.79 Å². The number of carbonyl (C=O) groups excluding carboxylic acids is 1. The van der Waals surface area contributed by atoms with Crippen LogP contribution in [0.2, 0.25) is 0 Å². The van der Waals surface area contributed by atoms with Crippen molar-refractivity contribution in [1.82, 2.24) is 4.98 Å². The molecule has 0 bridgehead atoms. The highest BCUT2D eigenvalue weighted by Gasteiger charge is 2.14. The normalized spacial score (nSPS) is 12.3. The van der Waals surface area contributed by atoms with Crippen molar-refractivity contribution in [3.05, 3.63) is 84.1 Å². The Labute approximate surface area is 179 Å². The van der Waals surface area contributed by atoms with Gasteiger partial charge in [-0.1, -0.05) is 44.2 Å². The zero-order valence-electron chi connectivity index (χ0n) is 17.4. The van der Waals surface area contributed by atoms with Crippen molar-refractivity contribution in [2.45, 2.75) is 26.2 Å². The van der Waals surface area contributed by atoms with Crippen LogP contribution in [0.3, 0.4) is 0 Å². The summed E-state index contributed by atoms with van der Waals surface area (Å²) in [7, 11) is 0. The Morgan fingerprint density at radius 3 is 2.68 bits per heavy atom. The minimum absolute atomic E-state index is 0.269. The van der Waals surface area contributed by atoms with Gasteiger partial charge in [0.1, 0.15) is 11.1 Å². The van der Waals surface area contributed by atoms with Crippen LogP contribution in [0.5, 0.6) is 0 Å². The summed E-state index contributed by atoms with van der Waals surface area (Å²) in [5.74, 6) is 0.965. The molecule has 0 aliphatic carbocycles. The topological polar surface area (TPSA) is 68.3 Å². The minimum Gasteiger partial charge on any atom is -0.451 e. The Balaban J connectivity index is 1.41. The van der Waals surface area contributed by atoms with Crippen molar-refractivity contribution in [3.8, 4) is 11.5 Å². The molecule has 5 heteroatoms. The quantitative estimate of drug-likeness (QED) is 0.338. The van der Waals surface area contributed by atoms with Gasteiger partial charge in [0.2, 0.25) is 5.89 Å². The van der Waals surface area contributed by atoms with Crippen molar-refractivity contribution in [2.75, 3.05) is 5.32 Å². The van der Waals surface area contributed by atoms with E-state index in [2.05, 4.69) is 36.3 Å². The highest BCUT2D eigenvalue weighted by molar-refractivity contribution is 6.04. The lowest BCUT2D eigenvalue weighted by Crippen LogP contribution is -2.10. The fraction of sp³-hybridized carbons (Fsp3) is 0.154. The number of rotatable bonds is 5. The van der Waals surface area contributed by atoms with Gasteiger partial charge in [0.25, 0.3) is 5.91 Å². The largest absolute Gasteiger partial charge is 0.451 e. The fourth-order valence-corrected chi connectivity index (χ4v) is 3.63. The number of carbonyl (C=O) groups is 1. The molecule has 1 atom stereocenters. The number of para-hydroxylation sites is 1. The van der Waals surface area contributed by atoms with Crippen LogP contribution in [-0.2, 0) is 0 Å². The summed E-state index contributed by atoms with van der Waals surface area (Å²) in [5, 5.41) is 3.79. The van der Waals surface area contributed by atoms with Gasteiger partial charge in [-0.05, 0) is 60.4 Å². The Morgan fingerprint density at radius 1 is 0.968 bits per heavy atom. The first-order chi connectivity index (χ1) is 15.1. The van der Waals surface area contributed by atoms with E-state index in [1.165, 1.54) is 5.56 Å². The van der Waals surface area contributed by atoms with Crippen molar-refractivity contribution in [1.29, 1.82) is 0 Å². The number of oxazole rings is 1. The summed E-state index contributed by atoms with van der Waals surface area (Å²) in [4.78, 5) is 17.3. The summed E-state index contributed by atoms with van der Waals surface area (Å²) >= 11 is 0. The van der Waals surface area contributed by atoms with Gasteiger partial charge in [-0.2, -0.15) is 0 Å². The zero-order chi connectivity index (χ0) is 21.4. The first kappa shape index (κ1) is 19.1. The minimum atomic E-state index is -0.302. The van der Waals surface area contributed by atoms with Gasteiger partial charge in [0.15, 0.2) is 11.3 Å². The average molecular weight is 410 g/mol. The first-order valence-electron chi connectivity index (χ1n) is 10.4. The van der Waals surface area contributed by atoms with Gasteiger partial charge < -0.3 is 14.2 Å². The molecule has 2 aromatic heterocycles. The second-order valence-corrected chi connectivity index (χ2v) is 7.74. The standard InChI is InChI=1S/C26H22N2O3/c1-3-16(2)17-11-12-23-21(14-17)28-26(31-23)19-8-6-9-20(13-19)27-25(29)24-15-18-7-4-5-10-22(18)30-24/h4-16H,3H2,1-2H3,(H,27,29). The number of furan rings is 1. The molecule has 5 nitrogen and oxygen atoms in total. The molecular formula is C26H22N2O3. The Kier molecular flexibility index (Phi) is 4.79. The van der Waals surface area contributed by atoms with E-state index in [4.69, 9.17) is 8.83 Å². The van der Waals surface area contributed by atoms with Crippen molar-refractivity contribution < 1.29 is 13.6 Å². The maximum Gasteiger partial charge on any atom is 0.291 e. The van der Waals surface area contributed by atoms with Gasteiger partial charge in [-0.15, -0.1) is 0 Å². The van der Waals surface area contributed by atoms with Crippen molar-refractivity contribution in [3.63, 3.8) is 0 Å². The smallest absolute Gasteiger partial charge is 0.291 e. The predicted molar refractivity (Wildman–Crippen MR) is 122 cm³/mol. The molecule has 0 spiro atoms. The molecule has 0 aliphatic heterocycles. The van der Waals surface area contributed by atoms with E-state index in [0.29, 0.717) is 23.1 Å². The second kappa shape index (κ2) is 7.76. The molecular weight excluding hydrogens is 388 g/mol. The summed E-state index contributed by atoms with van der Waals surface area (Å²) in [6.07, 6.45) is 1.07. The van der Waals surface area contributed by atoms with Crippen LogP contribution in [0.15, 0.2) is 81.6 Å². The zero-order valence-corrected chi connectivity index (χ0v) is 17.4. The molecule has 0 aliphatic rings. The molecule has 154 valence electrons. The summed E-state index contributed by atoms with van der Waals surface area (Å²) in [6.45, 7) is 4.38. The number of nitrogens with one attached hydrogen (secondary N) is 1. The summed E-state index contributed by atoms with van der Waals surface area (Å²) < 4.78 is 11.6. The van der Waals surface area contributed by atoms with Gasteiger partial charge in [0.05, 0.1) is 0 Å². The van der Waals surface area contributed by atoms with E-state index in [-0.39, 0.29) is 11.7 Å². The van der Waals surface area contributed by atoms with Crippen LogP contribution in [0.25, 0.3) is 33.5 Å². The molecule has 1 amide bonds. The van der Waals surface area contributed by atoms with E-state index >= 15 is 0 Å². The van der Waals surface area contributed by atoms with Crippen LogP contribution in [-0.4, -0.2) is 10.9 Å². The number of anilines is 1. The molecule has 0 saturated heterocycles. The maximum absolute atomic E-state index is 12.7. The number of hydrogen-bond donors (Lipinski definition) is 1. The van der Waals surface area contributed by atoms with Gasteiger partial charge in [-0.3, -0.25) is 4.79 Å². The van der Waals surface area contributed by atoms with Crippen molar-refractivity contribution in [2.24, 2.45) is 0 Å². The molecule has 0 radical (unpaired) electrons. The molecule has 31 heavy (non-hydrogen) atoms. The number of fused-ring (bicyclic) bond motifs is 2. The van der Waals surface area contributed by atoms with Crippen LogP contribution in [0.4, 0.5) is 5.69 Å². The number of aromatic nitrogens is 1. The lowest BCUT2D eigenvalue weighted by atomic mass is 9.98. The summed E-state index contributed by atoms with van der Waals surface area (Å²) in [6, 6.07) is 22.9. The first-order valence-corrected chi connectivity index (χ1v) is 10.4. The molecule has 0 fully saturated rings.